The van der Waals surface area contributed by atoms with Gasteiger partial charge in [0.25, 0.3) is 11.8 Å². The minimum atomic E-state index is -0.240. The summed E-state index contributed by atoms with van der Waals surface area (Å²) in [6, 6.07) is -0.0566. The third-order valence-corrected chi connectivity index (χ3v) is 1.50. The molecule has 0 aromatic rings. The second kappa shape index (κ2) is 3.00. The predicted molar refractivity (Wildman–Crippen MR) is 37.8 cm³/mol. The van der Waals surface area contributed by atoms with Crippen molar-refractivity contribution < 1.29 is 14.3 Å². The zero-order valence-electron chi connectivity index (χ0n) is 6.66. The van der Waals surface area contributed by atoms with Gasteiger partial charge in [0.1, 0.15) is 13.2 Å². The number of hydrogen-bond donors (Lipinski definition) is 0. The number of amides is 2. The number of morpholine rings is 1. The lowest BCUT2D eigenvalue weighted by atomic mass is 10.3. The lowest BCUT2D eigenvalue weighted by molar-refractivity contribution is -0.160. The number of ether oxygens (including phenoxy) is 1. The molecule has 0 radical (unpaired) electrons. The molecule has 0 spiro atoms. The van der Waals surface area contributed by atoms with E-state index < -0.39 is 0 Å². The van der Waals surface area contributed by atoms with Crippen molar-refractivity contribution in [2.45, 2.75) is 19.9 Å². The summed E-state index contributed by atoms with van der Waals surface area (Å²) in [6.07, 6.45) is 0. The number of imide groups is 1. The summed E-state index contributed by atoms with van der Waals surface area (Å²) in [5.74, 6) is -0.479. The Morgan fingerprint density at radius 1 is 1.27 bits per heavy atom. The fourth-order valence-electron chi connectivity index (χ4n) is 1.08. The molecule has 0 unspecified atom stereocenters. The highest BCUT2D eigenvalue weighted by atomic mass is 16.5. The monoisotopic (exact) mass is 157 g/mol. The molecule has 1 saturated heterocycles. The first kappa shape index (κ1) is 8.20. The molecule has 11 heavy (non-hydrogen) atoms. The molecular weight excluding hydrogens is 146 g/mol. The van der Waals surface area contributed by atoms with Crippen molar-refractivity contribution in [3.05, 3.63) is 0 Å². The fourth-order valence-corrected chi connectivity index (χ4v) is 1.08. The van der Waals surface area contributed by atoms with Crippen molar-refractivity contribution in [2.75, 3.05) is 13.2 Å². The minimum absolute atomic E-state index is 0.0317. The maximum absolute atomic E-state index is 11.0. The highest BCUT2D eigenvalue weighted by molar-refractivity contribution is 5.98. The molecule has 62 valence electrons. The summed E-state index contributed by atoms with van der Waals surface area (Å²) in [5.41, 5.74) is 0. The van der Waals surface area contributed by atoms with Gasteiger partial charge in [0.2, 0.25) is 0 Å². The van der Waals surface area contributed by atoms with Gasteiger partial charge in [0.05, 0.1) is 0 Å². The van der Waals surface area contributed by atoms with E-state index in [-0.39, 0.29) is 31.1 Å². The van der Waals surface area contributed by atoms with Crippen LogP contribution in [0.4, 0.5) is 0 Å². The molecule has 1 aliphatic rings. The predicted octanol–water partition coefficient (Wildman–Crippen LogP) is -0.220. The molecule has 1 fully saturated rings. The first-order valence-corrected chi connectivity index (χ1v) is 3.55. The molecule has 0 atom stereocenters. The van der Waals surface area contributed by atoms with Crippen LogP contribution in [0.1, 0.15) is 13.8 Å². The van der Waals surface area contributed by atoms with E-state index in [9.17, 15) is 9.59 Å². The van der Waals surface area contributed by atoms with Gasteiger partial charge >= 0.3 is 0 Å². The van der Waals surface area contributed by atoms with Gasteiger partial charge in [-0.1, -0.05) is 0 Å². The van der Waals surface area contributed by atoms with Crippen LogP contribution in [0.25, 0.3) is 0 Å². The van der Waals surface area contributed by atoms with E-state index >= 15 is 0 Å². The summed E-state index contributed by atoms with van der Waals surface area (Å²) in [6.45, 7) is 3.68. The molecule has 0 N–H and O–H groups in total. The average Bonchev–Trinajstić information content (AvgIpc) is 1.85. The maximum atomic E-state index is 11.0. The van der Waals surface area contributed by atoms with Crippen molar-refractivity contribution in [1.29, 1.82) is 0 Å². The van der Waals surface area contributed by atoms with Crippen LogP contribution in [0.3, 0.4) is 0 Å². The minimum Gasteiger partial charge on any atom is -0.362 e. The number of carbonyl (C=O) groups excluding carboxylic acids is 2. The molecule has 0 bridgehead atoms. The van der Waals surface area contributed by atoms with Crippen molar-refractivity contribution in [2.24, 2.45) is 0 Å². The first-order valence-electron chi connectivity index (χ1n) is 3.55. The van der Waals surface area contributed by atoms with Crippen molar-refractivity contribution in [1.82, 2.24) is 4.90 Å². The lowest BCUT2D eigenvalue weighted by Gasteiger charge is -2.28. The molecule has 1 aliphatic heterocycles. The zero-order chi connectivity index (χ0) is 8.43. The zero-order valence-corrected chi connectivity index (χ0v) is 6.66. The Morgan fingerprint density at radius 3 is 2.00 bits per heavy atom. The molecule has 4 heteroatoms. The van der Waals surface area contributed by atoms with E-state index in [2.05, 4.69) is 0 Å². The Balaban J connectivity index is 2.71. The highest BCUT2D eigenvalue weighted by Crippen LogP contribution is 2.05. The number of rotatable bonds is 1. The SMILES string of the molecule is CC(C)N1C(=O)COCC1=O. The van der Waals surface area contributed by atoms with Crippen LogP contribution < -0.4 is 0 Å². The Labute approximate surface area is 65.1 Å². The molecular formula is C7H11NO3. The van der Waals surface area contributed by atoms with Crippen LogP contribution >= 0.6 is 0 Å². The number of nitrogens with zero attached hydrogens (tertiary/aromatic N) is 1. The van der Waals surface area contributed by atoms with Crippen LogP contribution in [0.2, 0.25) is 0 Å². The molecule has 0 saturated carbocycles. The van der Waals surface area contributed by atoms with E-state index in [0.29, 0.717) is 0 Å². The van der Waals surface area contributed by atoms with Crippen molar-refractivity contribution >= 4 is 11.8 Å². The smallest absolute Gasteiger partial charge is 0.255 e. The molecule has 0 aromatic carbocycles. The summed E-state index contributed by atoms with van der Waals surface area (Å²) in [7, 11) is 0. The first-order chi connectivity index (χ1) is 5.13. The Kier molecular flexibility index (Phi) is 2.24. The number of hydrogen-bond acceptors (Lipinski definition) is 3. The van der Waals surface area contributed by atoms with Gasteiger partial charge in [0.15, 0.2) is 0 Å². The third-order valence-electron chi connectivity index (χ3n) is 1.50. The van der Waals surface area contributed by atoms with Crippen molar-refractivity contribution in [3.63, 3.8) is 0 Å². The second-order valence-corrected chi connectivity index (χ2v) is 2.74. The van der Waals surface area contributed by atoms with E-state index in [0.717, 1.165) is 0 Å². The van der Waals surface area contributed by atoms with Gasteiger partial charge in [-0.3, -0.25) is 14.5 Å². The largest absolute Gasteiger partial charge is 0.362 e. The highest BCUT2D eigenvalue weighted by Gasteiger charge is 2.28. The molecule has 4 nitrogen and oxygen atoms in total. The topological polar surface area (TPSA) is 46.6 Å². The Hall–Kier alpha value is -0.900. The van der Waals surface area contributed by atoms with Gasteiger partial charge in [0, 0.05) is 6.04 Å². The molecule has 2 amide bonds. The van der Waals surface area contributed by atoms with Gasteiger partial charge in [-0.2, -0.15) is 0 Å². The Morgan fingerprint density at radius 2 is 1.73 bits per heavy atom. The maximum Gasteiger partial charge on any atom is 0.255 e. The number of carbonyl (C=O) groups is 2. The average molecular weight is 157 g/mol. The quantitative estimate of drug-likeness (QED) is 0.494. The van der Waals surface area contributed by atoms with E-state index in [1.54, 1.807) is 13.8 Å². The van der Waals surface area contributed by atoms with Gasteiger partial charge < -0.3 is 4.74 Å². The lowest BCUT2D eigenvalue weighted by Crippen LogP contribution is -2.49. The standard InChI is InChI=1S/C7H11NO3/c1-5(2)8-6(9)3-11-4-7(8)10/h5H,3-4H2,1-2H3. The van der Waals surface area contributed by atoms with Crippen molar-refractivity contribution in [3.8, 4) is 0 Å². The van der Waals surface area contributed by atoms with Gasteiger partial charge in [-0.05, 0) is 13.8 Å². The molecule has 1 heterocycles. The normalized spacial score (nSPS) is 19.7. The van der Waals surface area contributed by atoms with E-state index in [1.807, 2.05) is 0 Å². The van der Waals surface area contributed by atoms with Crippen LogP contribution in [0.15, 0.2) is 0 Å². The fraction of sp³-hybridized carbons (Fsp3) is 0.714. The molecule has 1 rings (SSSR count). The van der Waals surface area contributed by atoms with Gasteiger partial charge in [-0.25, -0.2) is 0 Å². The van der Waals surface area contributed by atoms with Crippen LogP contribution in [0, 0.1) is 0 Å². The third kappa shape index (κ3) is 1.57. The van der Waals surface area contributed by atoms with E-state index in [4.69, 9.17) is 4.74 Å². The van der Waals surface area contributed by atoms with Crippen LogP contribution in [-0.2, 0) is 14.3 Å². The summed E-state index contributed by atoms with van der Waals surface area (Å²) in [5, 5.41) is 0. The van der Waals surface area contributed by atoms with Crippen LogP contribution in [-0.4, -0.2) is 36.0 Å². The second-order valence-electron chi connectivity index (χ2n) is 2.74. The van der Waals surface area contributed by atoms with Crippen LogP contribution in [0.5, 0.6) is 0 Å². The Bertz CT molecular complexity index is 172. The van der Waals surface area contributed by atoms with E-state index in [1.165, 1.54) is 4.90 Å². The molecule has 0 aromatic heterocycles. The summed E-state index contributed by atoms with van der Waals surface area (Å²) in [4.78, 5) is 23.3. The summed E-state index contributed by atoms with van der Waals surface area (Å²) < 4.78 is 4.73. The molecule has 0 aliphatic carbocycles. The van der Waals surface area contributed by atoms with Gasteiger partial charge in [-0.15, -0.1) is 0 Å². The summed E-state index contributed by atoms with van der Waals surface area (Å²) >= 11 is 0.